The highest BCUT2D eigenvalue weighted by Crippen LogP contribution is 2.43. The van der Waals surface area contributed by atoms with Gasteiger partial charge in [-0.05, 0) is 63.6 Å². The molecule has 0 saturated carbocycles. The first kappa shape index (κ1) is 28.5. The lowest BCUT2D eigenvalue weighted by atomic mass is 10.0. The van der Waals surface area contributed by atoms with Crippen molar-refractivity contribution >= 4 is 55.0 Å². The number of nitrogens with zero attached hydrogens (tertiary/aromatic N) is 5. The molecule has 4 aliphatic heterocycles. The summed E-state index contributed by atoms with van der Waals surface area (Å²) in [6, 6.07) is 5.57. The Morgan fingerprint density at radius 2 is 1.80 bits per heavy atom. The number of nitrogen functional groups attached to an aromatic ring is 1. The van der Waals surface area contributed by atoms with E-state index in [2.05, 4.69) is 25.1 Å². The van der Waals surface area contributed by atoms with Crippen molar-refractivity contribution in [3.8, 4) is 17.1 Å². The topological polar surface area (TPSA) is 92.4 Å². The summed E-state index contributed by atoms with van der Waals surface area (Å²) < 4.78 is 52.1. The number of nitrogens with two attached hydrogens (primary N) is 1. The smallest absolute Gasteiger partial charge is 0.319 e. The Labute approximate surface area is 261 Å². The Morgan fingerprint density at radius 1 is 1.07 bits per heavy atom. The van der Waals surface area contributed by atoms with Crippen LogP contribution in [-0.4, -0.2) is 75.9 Å². The van der Waals surface area contributed by atoms with E-state index in [1.807, 2.05) is 6.92 Å². The van der Waals surface area contributed by atoms with Gasteiger partial charge in [-0.3, -0.25) is 4.90 Å². The van der Waals surface area contributed by atoms with Crippen LogP contribution in [0.1, 0.15) is 45.4 Å². The van der Waals surface area contributed by atoms with Gasteiger partial charge in [-0.25, -0.2) is 18.2 Å². The van der Waals surface area contributed by atoms with Crippen molar-refractivity contribution in [2.24, 2.45) is 0 Å². The minimum absolute atomic E-state index is 0.0708. The third-order valence-electron chi connectivity index (χ3n) is 9.74. The van der Waals surface area contributed by atoms with Crippen molar-refractivity contribution in [3.05, 3.63) is 34.9 Å². The molecule has 44 heavy (non-hydrogen) atoms. The summed E-state index contributed by atoms with van der Waals surface area (Å²) in [7, 11) is 0. The molecular formula is C31H33ClF3N7OS. The zero-order chi connectivity index (χ0) is 30.3. The van der Waals surface area contributed by atoms with E-state index in [0.29, 0.717) is 48.2 Å². The van der Waals surface area contributed by atoms with E-state index in [-0.39, 0.29) is 55.6 Å². The van der Waals surface area contributed by atoms with E-state index < -0.39 is 17.8 Å². The molecule has 2 aromatic carbocycles. The Hall–Kier alpha value is -2.93. The lowest BCUT2D eigenvalue weighted by Crippen LogP contribution is -2.51. The summed E-state index contributed by atoms with van der Waals surface area (Å²) in [6.07, 6.45) is 4.20. The number of piperazine rings is 1. The number of ether oxygens (including phenoxy) is 1. The molecule has 4 aromatic rings. The average Bonchev–Trinajstić information content (AvgIpc) is 3.61. The number of fused-ring (bicyclic) bond motifs is 6. The predicted octanol–water partition coefficient (Wildman–Crippen LogP) is 6.09. The first-order valence-electron chi connectivity index (χ1n) is 15.3. The lowest BCUT2D eigenvalue weighted by molar-refractivity contribution is 0.0468. The summed E-state index contributed by atoms with van der Waals surface area (Å²) in [4.78, 5) is 18.3. The van der Waals surface area contributed by atoms with Crippen molar-refractivity contribution in [3.63, 3.8) is 0 Å². The van der Waals surface area contributed by atoms with E-state index in [4.69, 9.17) is 27.1 Å². The Bertz CT molecular complexity index is 1750. The van der Waals surface area contributed by atoms with E-state index in [1.54, 1.807) is 6.07 Å². The molecule has 2 aromatic heterocycles. The number of hydrogen-bond donors (Lipinski definition) is 2. The van der Waals surface area contributed by atoms with Crippen LogP contribution in [0.5, 0.6) is 6.01 Å². The molecule has 8 nitrogen and oxygen atoms in total. The Morgan fingerprint density at radius 3 is 2.52 bits per heavy atom. The number of aromatic nitrogens is 3. The predicted molar refractivity (Wildman–Crippen MR) is 167 cm³/mol. The highest BCUT2D eigenvalue weighted by Gasteiger charge is 2.41. The molecule has 3 N–H and O–H groups in total. The number of anilines is 2. The molecule has 13 heteroatoms. The van der Waals surface area contributed by atoms with Crippen LogP contribution in [0, 0.1) is 11.6 Å². The van der Waals surface area contributed by atoms with Gasteiger partial charge in [-0.2, -0.15) is 9.97 Å². The number of hydrogen-bond acceptors (Lipinski definition) is 9. The number of alkyl halides is 1. The monoisotopic (exact) mass is 643 g/mol. The third-order valence-corrected chi connectivity index (χ3v) is 10.9. The molecule has 4 bridgehead atoms. The Kier molecular flexibility index (Phi) is 7.04. The van der Waals surface area contributed by atoms with Gasteiger partial charge in [-0.15, -0.1) is 0 Å². The maximum absolute atomic E-state index is 16.7. The van der Waals surface area contributed by atoms with Crippen molar-refractivity contribution in [1.82, 2.24) is 25.2 Å². The maximum Gasteiger partial charge on any atom is 0.319 e. The van der Waals surface area contributed by atoms with Gasteiger partial charge in [-0.1, -0.05) is 22.9 Å². The molecule has 4 saturated heterocycles. The fourth-order valence-corrected chi connectivity index (χ4v) is 8.94. The van der Waals surface area contributed by atoms with Crippen LogP contribution in [-0.2, 0) is 0 Å². The quantitative estimate of drug-likeness (QED) is 0.261. The first-order valence-corrected chi connectivity index (χ1v) is 16.5. The fraction of sp³-hybridized carbons (Fsp3) is 0.516. The van der Waals surface area contributed by atoms with Gasteiger partial charge in [0.1, 0.15) is 29.4 Å². The number of halogens is 4. The normalized spacial score (nSPS) is 27.5. The first-order chi connectivity index (χ1) is 21.2. The molecule has 4 unspecified atom stereocenters. The second-order valence-corrected chi connectivity index (χ2v) is 14.2. The van der Waals surface area contributed by atoms with Gasteiger partial charge in [0.25, 0.3) is 0 Å². The van der Waals surface area contributed by atoms with Crippen LogP contribution in [0.4, 0.5) is 24.1 Å². The van der Waals surface area contributed by atoms with E-state index in [1.165, 1.54) is 12.1 Å². The van der Waals surface area contributed by atoms with E-state index in [0.717, 1.165) is 50.1 Å². The van der Waals surface area contributed by atoms with Crippen molar-refractivity contribution in [2.75, 3.05) is 30.3 Å². The molecule has 0 amide bonds. The average molecular weight is 644 g/mol. The van der Waals surface area contributed by atoms with Crippen molar-refractivity contribution in [1.29, 1.82) is 0 Å². The highest BCUT2D eigenvalue weighted by molar-refractivity contribution is 7.22. The molecule has 0 aliphatic carbocycles. The van der Waals surface area contributed by atoms with Gasteiger partial charge in [0, 0.05) is 60.3 Å². The molecule has 0 spiro atoms. The van der Waals surface area contributed by atoms with Crippen LogP contribution in [0.15, 0.2) is 18.2 Å². The lowest BCUT2D eigenvalue weighted by Gasteiger charge is -2.37. The summed E-state index contributed by atoms with van der Waals surface area (Å²) >= 11 is 7.81. The molecule has 4 fully saturated rings. The number of rotatable bonds is 6. The molecule has 4 aliphatic rings. The molecule has 232 valence electrons. The van der Waals surface area contributed by atoms with Crippen LogP contribution in [0.2, 0.25) is 5.02 Å². The van der Waals surface area contributed by atoms with Gasteiger partial charge in [0.05, 0.1) is 15.2 Å². The van der Waals surface area contributed by atoms with E-state index in [9.17, 15) is 8.78 Å². The van der Waals surface area contributed by atoms with E-state index >= 15 is 4.39 Å². The SMILES string of the molecule is C[C@@H](CN1C2CCC1CC(F)C2)Oc1nc(N2CC3CCC(C2)N3)c2cc(Cl)c(-c3ccc(F)c4sc(N)nc34)c(F)c2n1. The summed E-state index contributed by atoms with van der Waals surface area (Å²) in [6.45, 7) is 4.00. The number of nitrogens with one attached hydrogen (secondary N) is 1. The largest absolute Gasteiger partial charge is 0.459 e. The second kappa shape index (κ2) is 10.9. The van der Waals surface area contributed by atoms with Crippen molar-refractivity contribution in [2.45, 2.75) is 81.9 Å². The van der Waals surface area contributed by atoms with Gasteiger partial charge < -0.3 is 20.7 Å². The number of benzene rings is 2. The highest BCUT2D eigenvalue weighted by atomic mass is 35.5. The Balaban J connectivity index is 1.21. The van der Waals surface area contributed by atoms with Gasteiger partial charge >= 0.3 is 6.01 Å². The van der Waals surface area contributed by atoms with Crippen LogP contribution < -0.4 is 20.7 Å². The van der Waals surface area contributed by atoms with Crippen LogP contribution in [0.25, 0.3) is 32.2 Å². The molecule has 0 radical (unpaired) electrons. The third kappa shape index (κ3) is 4.85. The zero-order valence-electron chi connectivity index (χ0n) is 24.2. The summed E-state index contributed by atoms with van der Waals surface area (Å²) in [5, 5.41) is 4.43. The molecule has 5 atom stereocenters. The maximum atomic E-state index is 16.7. The second-order valence-electron chi connectivity index (χ2n) is 12.7. The van der Waals surface area contributed by atoms with Crippen molar-refractivity contribution < 1.29 is 17.9 Å². The summed E-state index contributed by atoms with van der Waals surface area (Å²) in [5.74, 6) is -0.570. The zero-order valence-corrected chi connectivity index (χ0v) is 25.8. The van der Waals surface area contributed by atoms with Crippen LogP contribution in [0.3, 0.4) is 0 Å². The fourth-order valence-electron chi connectivity index (χ4n) is 7.88. The summed E-state index contributed by atoms with van der Waals surface area (Å²) in [5.41, 5.74) is 6.63. The van der Waals surface area contributed by atoms with Gasteiger partial charge in [0.15, 0.2) is 10.9 Å². The minimum atomic E-state index is -0.743. The number of piperidine rings is 1. The molecule has 6 heterocycles. The van der Waals surface area contributed by atoms with Gasteiger partial charge in [0.2, 0.25) is 0 Å². The number of thiazole rings is 1. The minimum Gasteiger partial charge on any atom is -0.459 e. The standard InChI is InChI=1S/C31H33ClF3N7OS/c1-14(11-42-18-4-5-19(42)9-15(33)8-18)43-31-39-26-21(29(40-31)41-12-16-2-3-17(13-41)37-16)10-22(32)24(25(26)35)20-6-7-23(34)28-27(20)38-30(36)44-28/h6-7,10,14-19,37H,2-5,8-9,11-13H2,1H3,(H2,36,38)/t14-,15?,16?,17?,18?,19?/m0/s1. The molecular weight excluding hydrogens is 611 g/mol. The molecule has 8 rings (SSSR count). The van der Waals surface area contributed by atoms with Crippen LogP contribution >= 0.6 is 22.9 Å².